The molecule has 0 spiro atoms. The summed E-state index contributed by atoms with van der Waals surface area (Å²) < 4.78 is 0. The molecular formula is C20H16O3. The van der Waals surface area contributed by atoms with Crippen LogP contribution in [0.2, 0.25) is 0 Å². The zero-order chi connectivity index (χ0) is 16.3. The lowest BCUT2D eigenvalue weighted by molar-refractivity contribution is 0.0935. The maximum atomic E-state index is 13.0. The molecule has 0 radical (unpaired) electrons. The van der Waals surface area contributed by atoms with Crippen molar-refractivity contribution in [1.82, 2.24) is 0 Å². The van der Waals surface area contributed by atoms with E-state index in [-0.39, 0.29) is 23.3 Å². The highest BCUT2D eigenvalue weighted by Gasteiger charge is 2.36. The van der Waals surface area contributed by atoms with Crippen LogP contribution in [-0.2, 0) is 6.42 Å². The SMILES string of the molecule is Cc1cccc2c1C(=O)c1ccc3c(c1C2=O)C(=O)CC(C)C3. The fraction of sp³-hybridized carbons (Fsp3) is 0.250. The van der Waals surface area contributed by atoms with Gasteiger partial charge in [0.15, 0.2) is 17.3 Å². The van der Waals surface area contributed by atoms with Crippen LogP contribution in [0.4, 0.5) is 0 Å². The molecule has 4 rings (SSSR count). The van der Waals surface area contributed by atoms with Crippen LogP contribution in [0.5, 0.6) is 0 Å². The van der Waals surface area contributed by atoms with E-state index in [0.717, 1.165) is 17.5 Å². The van der Waals surface area contributed by atoms with E-state index in [0.29, 0.717) is 34.2 Å². The molecule has 0 bridgehead atoms. The number of carbonyl (C=O) groups is 3. The Morgan fingerprint density at radius 3 is 2.30 bits per heavy atom. The number of aryl methyl sites for hydroxylation is 1. The molecule has 0 aliphatic heterocycles. The van der Waals surface area contributed by atoms with E-state index in [1.165, 1.54) is 0 Å². The molecule has 2 aliphatic rings. The van der Waals surface area contributed by atoms with Gasteiger partial charge in [0, 0.05) is 34.2 Å². The Kier molecular flexibility index (Phi) is 2.89. The Morgan fingerprint density at radius 1 is 0.826 bits per heavy atom. The van der Waals surface area contributed by atoms with E-state index < -0.39 is 0 Å². The molecule has 2 aromatic carbocycles. The molecule has 1 atom stereocenters. The van der Waals surface area contributed by atoms with E-state index in [1.54, 1.807) is 18.2 Å². The highest BCUT2D eigenvalue weighted by molar-refractivity contribution is 6.31. The minimum atomic E-state index is -0.196. The highest BCUT2D eigenvalue weighted by Crippen LogP contribution is 2.36. The van der Waals surface area contributed by atoms with Crippen molar-refractivity contribution in [2.75, 3.05) is 0 Å². The smallest absolute Gasteiger partial charge is 0.195 e. The molecule has 0 saturated carbocycles. The average molecular weight is 304 g/mol. The monoisotopic (exact) mass is 304 g/mol. The summed E-state index contributed by atoms with van der Waals surface area (Å²) in [6, 6.07) is 8.86. The maximum absolute atomic E-state index is 13.0. The summed E-state index contributed by atoms with van der Waals surface area (Å²) in [5.41, 5.74) is 3.75. The third-order valence-electron chi connectivity index (χ3n) is 4.89. The van der Waals surface area contributed by atoms with Crippen LogP contribution in [0, 0.1) is 12.8 Å². The molecule has 2 aromatic rings. The average Bonchev–Trinajstić information content (AvgIpc) is 2.51. The molecule has 3 nitrogen and oxygen atoms in total. The Bertz CT molecular complexity index is 905. The molecule has 0 N–H and O–H groups in total. The first-order valence-corrected chi connectivity index (χ1v) is 7.87. The first-order chi connectivity index (χ1) is 11.0. The molecule has 0 heterocycles. The van der Waals surface area contributed by atoms with E-state index in [1.807, 2.05) is 26.0 Å². The maximum Gasteiger partial charge on any atom is 0.195 e. The number of ketones is 3. The third kappa shape index (κ3) is 1.86. The van der Waals surface area contributed by atoms with Crippen LogP contribution in [0.15, 0.2) is 30.3 Å². The van der Waals surface area contributed by atoms with Crippen molar-refractivity contribution in [3.63, 3.8) is 0 Å². The van der Waals surface area contributed by atoms with Crippen LogP contribution < -0.4 is 0 Å². The van der Waals surface area contributed by atoms with Crippen molar-refractivity contribution in [2.45, 2.75) is 26.7 Å². The molecular weight excluding hydrogens is 288 g/mol. The fourth-order valence-electron chi connectivity index (χ4n) is 3.85. The Balaban J connectivity index is 2.03. The number of benzene rings is 2. The molecule has 0 aromatic heterocycles. The summed E-state index contributed by atoms with van der Waals surface area (Å²) in [5, 5.41) is 0. The van der Waals surface area contributed by atoms with Crippen LogP contribution in [-0.4, -0.2) is 17.3 Å². The van der Waals surface area contributed by atoms with Gasteiger partial charge in [-0.25, -0.2) is 0 Å². The van der Waals surface area contributed by atoms with Gasteiger partial charge in [-0.15, -0.1) is 0 Å². The standard InChI is InChI=1S/C20H16O3/c1-10-8-12-6-7-14-18(17(12)15(21)9-10)20(23)13-5-3-4-11(2)16(13)19(14)22/h3-7,10H,8-9H2,1-2H3. The Morgan fingerprint density at radius 2 is 1.52 bits per heavy atom. The molecule has 0 saturated heterocycles. The molecule has 0 fully saturated rings. The van der Waals surface area contributed by atoms with Crippen molar-refractivity contribution in [3.05, 3.63) is 69.3 Å². The van der Waals surface area contributed by atoms with Gasteiger partial charge in [-0.2, -0.15) is 0 Å². The van der Waals surface area contributed by atoms with Crippen LogP contribution >= 0.6 is 0 Å². The molecule has 3 heteroatoms. The van der Waals surface area contributed by atoms with E-state index >= 15 is 0 Å². The van der Waals surface area contributed by atoms with E-state index in [4.69, 9.17) is 0 Å². The van der Waals surface area contributed by atoms with Gasteiger partial charge in [0.05, 0.1) is 0 Å². The minimum Gasteiger partial charge on any atom is -0.294 e. The van der Waals surface area contributed by atoms with Crippen molar-refractivity contribution in [1.29, 1.82) is 0 Å². The van der Waals surface area contributed by atoms with Crippen LogP contribution in [0.1, 0.15) is 66.7 Å². The number of Topliss-reactive ketones (excluding diaryl/α,β-unsaturated/α-hetero) is 1. The minimum absolute atomic E-state index is 0.0205. The summed E-state index contributed by atoms with van der Waals surface area (Å²) in [7, 11) is 0. The molecule has 23 heavy (non-hydrogen) atoms. The van der Waals surface area contributed by atoms with Gasteiger partial charge in [0.25, 0.3) is 0 Å². The third-order valence-corrected chi connectivity index (χ3v) is 4.89. The number of hydrogen-bond acceptors (Lipinski definition) is 3. The summed E-state index contributed by atoms with van der Waals surface area (Å²) >= 11 is 0. The van der Waals surface area contributed by atoms with Crippen molar-refractivity contribution >= 4 is 17.3 Å². The second kappa shape index (κ2) is 4.72. The fourth-order valence-corrected chi connectivity index (χ4v) is 3.85. The van der Waals surface area contributed by atoms with Gasteiger partial charge >= 0.3 is 0 Å². The Hall–Kier alpha value is -2.55. The quantitative estimate of drug-likeness (QED) is 0.638. The van der Waals surface area contributed by atoms with Crippen LogP contribution in [0.25, 0.3) is 0 Å². The van der Waals surface area contributed by atoms with Gasteiger partial charge in [-0.1, -0.05) is 31.2 Å². The second-order valence-corrected chi connectivity index (χ2v) is 6.61. The van der Waals surface area contributed by atoms with E-state index in [9.17, 15) is 14.4 Å². The van der Waals surface area contributed by atoms with Gasteiger partial charge in [0.2, 0.25) is 0 Å². The van der Waals surface area contributed by atoms with E-state index in [2.05, 4.69) is 0 Å². The number of carbonyl (C=O) groups excluding carboxylic acids is 3. The second-order valence-electron chi connectivity index (χ2n) is 6.61. The first-order valence-electron chi connectivity index (χ1n) is 7.87. The largest absolute Gasteiger partial charge is 0.294 e. The Labute approximate surface area is 134 Å². The molecule has 1 unspecified atom stereocenters. The normalized spacial score (nSPS) is 19.2. The zero-order valence-corrected chi connectivity index (χ0v) is 13.1. The first kappa shape index (κ1) is 14.1. The number of fused-ring (bicyclic) bond motifs is 4. The lowest BCUT2D eigenvalue weighted by Gasteiger charge is -2.27. The molecule has 2 aliphatic carbocycles. The van der Waals surface area contributed by atoms with Crippen molar-refractivity contribution in [3.8, 4) is 0 Å². The topological polar surface area (TPSA) is 51.2 Å². The summed E-state index contributed by atoms with van der Waals surface area (Å²) in [4.78, 5) is 38.4. The predicted molar refractivity (Wildman–Crippen MR) is 86.3 cm³/mol. The van der Waals surface area contributed by atoms with Gasteiger partial charge in [-0.05, 0) is 36.5 Å². The van der Waals surface area contributed by atoms with Gasteiger partial charge < -0.3 is 0 Å². The lowest BCUT2D eigenvalue weighted by Crippen LogP contribution is -2.28. The zero-order valence-electron chi connectivity index (χ0n) is 13.1. The summed E-state index contributed by atoms with van der Waals surface area (Å²) in [6.07, 6.45) is 1.21. The van der Waals surface area contributed by atoms with Crippen molar-refractivity contribution in [2.24, 2.45) is 5.92 Å². The lowest BCUT2D eigenvalue weighted by atomic mass is 9.74. The summed E-state index contributed by atoms with van der Waals surface area (Å²) in [6.45, 7) is 3.87. The molecule has 0 amide bonds. The van der Waals surface area contributed by atoms with Gasteiger partial charge in [-0.3, -0.25) is 14.4 Å². The number of rotatable bonds is 0. The van der Waals surface area contributed by atoms with Gasteiger partial charge in [0.1, 0.15) is 0 Å². The van der Waals surface area contributed by atoms with Crippen LogP contribution in [0.3, 0.4) is 0 Å². The highest BCUT2D eigenvalue weighted by atomic mass is 16.1. The van der Waals surface area contributed by atoms with Crippen molar-refractivity contribution < 1.29 is 14.4 Å². The predicted octanol–water partition coefficient (Wildman–Crippen LogP) is 3.54. The number of hydrogen-bond donors (Lipinski definition) is 0. The summed E-state index contributed by atoms with van der Waals surface area (Å²) in [5.74, 6) is -0.0928. The molecule has 114 valence electrons.